The van der Waals surface area contributed by atoms with Gasteiger partial charge in [0.1, 0.15) is 11.5 Å². The molecule has 0 saturated heterocycles. The average Bonchev–Trinajstić information content (AvgIpc) is 2.76. The number of methoxy groups -OCH3 is 2. The lowest BCUT2D eigenvalue weighted by Crippen LogP contribution is -2.43. The van der Waals surface area contributed by atoms with E-state index in [2.05, 4.69) is 30.4 Å². The second kappa shape index (κ2) is 11.8. The van der Waals surface area contributed by atoms with Gasteiger partial charge in [-0.05, 0) is 30.7 Å². The third-order valence-corrected chi connectivity index (χ3v) is 3.74. The fourth-order valence-corrected chi connectivity index (χ4v) is 2.34. The van der Waals surface area contributed by atoms with Crippen LogP contribution >= 0.6 is 0 Å². The van der Waals surface area contributed by atoms with Crippen molar-refractivity contribution >= 4 is 35.4 Å². The molecule has 2 aromatic rings. The number of carbonyl (C=O) groups is 3. The lowest BCUT2D eigenvalue weighted by molar-refractivity contribution is -0.116. The van der Waals surface area contributed by atoms with E-state index in [1.165, 1.54) is 0 Å². The summed E-state index contributed by atoms with van der Waals surface area (Å²) in [4.78, 5) is 39.6. The summed E-state index contributed by atoms with van der Waals surface area (Å²) in [5.41, 5.74) is 0.579. The molecule has 3 amide bonds. The number of amides is 3. The van der Waals surface area contributed by atoms with E-state index in [1.54, 1.807) is 30.3 Å². The van der Waals surface area contributed by atoms with E-state index in [1.807, 2.05) is 25.1 Å². The number of rotatable bonds is 6. The minimum atomic E-state index is -0.851. The van der Waals surface area contributed by atoms with Gasteiger partial charge in [0.15, 0.2) is 0 Å². The van der Waals surface area contributed by atoms with Crippen LogP contribution in [0.4, 0.5) is 21.0 Å². The molecule has 10 nitrogen and oxygen atoms in total. The molecular formula is C21H24N4O6. The van der Waals surface area contributed by atoms with Crippen LogP contribution in [0, 0.1) is 0 Å². The molecule has 0 unspecified atom stereocenters. The molecule has 0 heterocycles. The van der Waals surface area contributed by atoms with Gasteiger partial charge in [0.2, 0.25) is 11.9 Å². The van der Waals surface area contributed by atoms with Gasteiger partial charge in [-0.3, -0.25) is 15.4 Å². The van der Waals surface area contributed by atoms with E-state index < -0.39 is 12.2 Å². The summed E-state index contributed by atoms with van der Waals surface area (Å²) >= 11 is 0. The van der Waals surface area contributed by atoms with E-state index in [-0.39, 0.29) is 17.6 Å². The van der Waals surface area contributed by atoms with Crippen LogP contribution in [-0.4, -0.2) is 38.3 Å². The first-order chi connectivity index (χ1) is 14.9. The first-order valence-electron chi connectivity index (χ1n) is 9.40. The molecule has 0 radical (unpaired) electrons. The first kappa shape index (κ1) is 23.2. The van der Waals surface area contributed by atoms with Gasteiger partial charge in [0.25, 0.3) is 0 Å². The maximum absolute atomic E-state index is 12.2. The summed E-state index contributed by atoms with van der Waals surface area (Å²) in [7, 11) is 2.33. The van der Waals surface area contributed by atoms with E-state index in [9.17, 15) is 14.4 Å². The summed E-state index contributed by atoms with van der Waals surface area (Å²) in [6.07, 6.45) is -0.740. The number of anilines is 1. The SMILES string of the molecule is CCCC(=O)Nc1cc(Oc2ccccc2)ccc1N=C(NC(=O)OC)NC(=O)OC. The Kier molecular flexibility index (Phi) is 8.84. The maximum Gasteiger partial charge on any atom is 0.413 e. The third-order valence-electron chi connectivity index (χ3n) is 3.74. The monoisotopic (exact) mass is 428 g/mol. The Morgan fingerprint density at radius 2 is 1.55 bits per heavy atom. The van der Waals surface area contributed by atoms with Gasteiger partial charge < -0.3 is 19.5 Å². The minimum absolute atomic E-state index is 0.223. The predicted octanol–water partition coefficient (Wildman–Crippen LogP) is 3.92. The number of ether oxygens (including phenoxy) is 3. The van der Waals surface area contributed by atoms with Gasteiger partial charge in [0, 0.05) is 12.5 Å². The normalized spacial score (nSPS) is 9.77. The smallest absolute Gasteiger partial charge is 0.413 e. The highest BCUT2D eigenvalue weighted by atomic mass is 16.5. The quantitative estimate of drug-likeness (QED) is 0.473. The predicted molar refractivity (Wildman–Crippen MR) is 115 cm³/mol. The summed E-state index contributed by atoms with van der Waals surface area (Å²) < 4.78 is 14.9. The van der Waals surface area contributed by atoms with Gasteiger partial charge in [-0.15, -0.1) is 0 Å². The van der Waals surface area contributed by atoms with Crippen LogP contribution in [0.2, 0.25) is 0 Å². The molecule has 2 aromatic carbocycles. The number of carbonyl (C=O) groups excluding carboxylic acids is 3. The molecule has 0 bridgehead atoms. The van der Waals surface area contributed by atoms with Crippen molar-refractivity contribution in [3.63, 3.8) is 0 Å². The second-order valence-electron chi connectivity index (χ2n) is 6.09. The fourth-order valence-electron chi connectivity index (χ4n) is 2.34. The van der Waals surface area contributed by atoms with Gasteiger partial charge in [-0.25, -0.2) is 14.6 Å². The van der Waals surface area contributed by atoms with E-state index in [4.69, 9.17) is 4.74 Å². The maximum atomic E-state index is 12.2. The number of hydrogen-bond donors (Lipinski definition) is 3. The Bertz CT molecular complexity index is 926. The molecule has 2 rings (SSSR count). The lowest BCUT2D eigenvalue weighted by Gasteiger charge is -2.13. The largest absolute Gasteiger partial charge is 0.457 e. The summed E-state index contributed by atoms with van der Waals surface area (Å²) in [6, 6.07) is 13.9. The second-order valence-corrected chi connectivity index (χ2v) is 6.09. The molecule has 31 heavy (non-hydrogen) atoms. The van der Waals surface area contributed by atoms with Gasteiger partial charge in [0.05, 0.1) is 25.6 Å². The molecule has 0 aliphatic heterocycles. The summed E-state index contributed by atoms with van der Waals surface area (Å²) in [5, 5.41) is 7.31. The van der Waals surface area contributed by atoms with Crippen molar-refractivity contribution in [2.45, 2.75) is 19.8 Å². The van der Waals surface area contributed by atoms with E-state index in [0.29, 0.717) is 30.0 Å². The van der Waals surface area contributed by atoms with Crippen LogP contribution in [0.3, 0.4) is 0 Å². The number of para-hydroxylation sites is 1. The molecule has 3 N–H and O–H groups in total. The zero-order valence-electron chi connectivity index (χ0n) is 17.4. The summed E-state index contributed by atoms with van der Waals surface area (Å²) in [5.74, 6) is 0.603. The molecule has 0 aliphatic carbocycles. The fraction of sp³-hybridized carbons (Fsp3) is 0.238. The van der Waals surface area contributed by atoms with Crippen LogP contribution in [0.15, 0.2) is 53.5 Å². The van der Waals surface area contributed by atoms with Crippen molar-refractivity contribution in [1.29, 1.82) is 0 Å². The number of hydrogen-bond acceptors (Lipinski definition) is 7. The van der Waals surface area contributed by atoms with Crippen molar-refractivity contribution in [3.8, 4) is 11.5 Å². The van der Waals surface area contributed by atoms with Crippen LogP contribution in [0.5, 0.6) is 11.5 Å². The van der Waals surface area contributed by atoms with Crippen LogP contribution in [0.25, 0.3) is 0 Å². The molecule has 0 spiro atoms. The summed E-state index contributed by atoms with van der Waals surface area (Å²) in [6.45, 7) is 1.88. The molecule has 0 aromatic heterocycles. The van der Waals surface area contributed by atoms with E-state index >= 15 is 0 Å². The van der Waals surface area contributed by atoms with Crippen molar-refractivity contribution in [2.24, 2.45) is 4.99 Å². The van der Waals surface area contributed by atoms with E-state index in [0.717, 1.165) is 14.2 Å². The van der Waals surface area contributed by atoms with Gasteiger partial charge in [-0.2, -0.15) is 0 Å². The molecule has 0 atom stereocenters. The van der Waals surface area contributed by atoms with Crippen molar-refractivity contribution in [3.05, 3.63) is 48.5 Å². The van der Waals surface area contributed by atoms with Crippen LogP contribution in [-0.2, 0) is 14.3 Å². The topological polar surface area (TPSA) is 127 Å². The molecule has 0 saturated carbocycles. The molecule has 10 heteroatoms. The number of aliphatic imine (C=N–C) groups is 1. The molecular weight excluding hydrogens is 404 g/mol. The number of nitrogens with zero attached hydrogens (tertiary/aromatic N) is 1. The van der Waals surface area contributed by atoms with Gasteiger partial charge >= 0.3 is 12.2 Å². The Balaban J connectivity index is 2.41. The molecule has 0 aliphatic rings. The number of nitrogens with one attached hydrogen (secondary N) is 3. The number of alkyl carbamates (subject to hydrolysis) is 2. The molecule has 164 valence electrons. The van der Waals surface area contributed by atoms with Crippen molar-refractivity contribution in [2.75, 3.05) is 19.5 Å². The minimum Gasteiger partial charge on any atom is -0.457 e. The van der Waals surface area contributed by atoms with Gasteiger partial charge in [-0.1, -0.05) is 25.1 Å². The lowest BCUT2D eigenvalue weighted by atomic mass is 10.2. The highest BCUT2D eigenvalue weighted by Crippen LogP contribution is 2.32. The molecule has 0 fully saturated rings. The Morgan fingerprint density at radius 3 is 2.13 bits per heavy atom. The zero-order chi connectivity index (χ0) is 22.6. The third kappa shape index (κ3) is 7.69. The van der Waals surface area contributed by atoms with Crippen molar-refractivity contribution in [1.82, 2.24) is 10.6 Å². The first-order valence-corrected chi connectivity index (χ1v) is 9.40. The average molecular weight is 428 g/mol. The highest BCUT2D eigenvalue weighted by molar-refractivity contribution is 6.03. The number of guanidine groups is 1. The Morgan fingerprint density at radius 1 is 0.903 bits per heavy atom. The zero-order valence-corrected chi connectivity index (χ0v) is 17.4. The Labute approximate surface area is 179 Å². The Hall–Kier alpha value is -4.08. The van der Waals surface area contributed by atoms with Crippen LogP contribution in [0.1, 0.15) is 19.8 Å². The van der Waals surface area contributed by atoms with Crippen LogP contribution < -0.4 is 20.7 Å². The highest BCUT2D eigenvalue weighted by Gasteiger charge is 2.14. The number of benzene rings is 2. The standard InChI is InChI=1S/C21H24N4O6/c1-4-8-18(26)22-17-13-15(31-14-9-6-5-7-10-14)11-12-16(17)23-19(24-20(27)29-2)25-21(28)30-3/h5-7,9-13H,4,8H2,1-3H3,(H,22,26)(H2,23,24,25,27,28). The van der Waals surface area contributed by atoms with Crippen molar-refractivity contribution < 1.29 is 28.6 Å².